The molecule has 0 unspecified atom stereocenters. The standard InChI is InChI=1S/2C25H20N6O.C24H24N6O2.C19H16N6O/c1-16-8-7-11-18(14-16)26-25(32)21-15-22(31-30-21)28-24-19-12-5-6-13-20(19)27-23(29-24)17-9-3-2-4-10-17;1-16-11-13-18(14-12-16)26-25(32)21-15-22(31-30-21)28-24-19-9-5-6-10-20(19)27-23(29-24)17-7-3-2-4-8-17;1-32-15-16-11-12-30(14-16)24(31)20-13-21(29-28-20)26-23-18-9-5-6-10-19(18)25-22(27-23)17-7-3-2-4-8-17;1-20-19(26)15-11-16(25-24-15)22-18-13-9-5-6-10-14(13)21-17(23-18)12-7-3-2-4-8-12/h2*2-15H,1H3,(H,26,32)(H2,27,28,29,30,31);2-10,13,16H,11-12,14-15H2,1H3,(H2,25,26,27,28,29);2-11H,1H3,(H,20,26)(H2,21,22,23,24,25)/t;;16-;/m..0./s1. The fourth-order valence-electron chi connectivity index (χ4n) is 13.5. The van der Waals surface area contributed by atoms with Gasteiger partial charge in [0, 0.05) is 113 Å². The first-order chi connectivity index (χ1) is 59.8. The second-order valence-electron chi connectivity index (χ2n) is 28.4. The average molecular weight is 1610 g/mol. The molecule has 29 nitrogen and oxygen atoms in total. The molecule has 1 aliphatic rings. The highest BCUT2D eigenvalue weighted by Gasteiger charge is 2.29. The first kappa shape index (κ1) is 79.3. The van der Waals surface area contributed by atoms with Crippen LogP contribution in [0.1, 0.15) is 59.5 Å². The van der Waals surface area contributed by atoms with Gasteiger partial charge in [-0.05, 0) is 98.6 Å². The first-order valence-electron chi connectivity index (χ1n) is 39.1. The van der Waals surface area contributed by atoms with Gasteiger partial charge in [-0.15, -0.1) is 0 Å². The van der Waals surface area contributed by atoms with Gasteiger partial charge in [0.15, 0.2) is 46.6 Å². The summed E-state index contributed by atoms with van der Waals surface area (Å²) < 4.78 is 5.23. The van der Waals surface area contributed by atoms with E-state index in [1.54, 1.807) is 38.4 Å². The highest BCUT2D eigenvalue weighted by atomic mass is 16.5. The van der Waals surface area contributed by atoms with Gasteiger partial charge in [-0.3, -0.25) is 39.6 Å². The molecular formula is C93H80N24O5. The highest BCUT2D eigenvalue weighted by molar-refractivity contribution is 6.05. The second-order valence-corrected chi connectivity index (χ2v) is 28.4. The van der Waals surface area contributed by atoms with Gasteiger partial charge in [-0.2, -0.15) is 20.4 Å². The Labute approximate surface area is 698 Å². The number of carbonyl (C=O) groups excluding carboxylic acids is 4. The summed E-state index contributed by atoms with van der Waals surface area (Å²) in [5.74, 6) is 6.54. The molecule has 0 spiro atoms. The number of carbonyl (C=O) groups is 4. The minimum Gasteiger partial charge on any atom is -0.384 e. The van der Waals surface area contributed by atoms with Crippen molar-refractivity contribution in [3.8, 4) is 45.6 Å². The fraction of sp³-hybridized carbons (Fsp3) is 0.0968. The number of nitrogens with zero attached hydrogens (tertiary/aromatic N) is 13. The lowest BCUT2D eigenvalue weighted by Crippen LogP contribution is -2.29. The normalized spacial score (nSPS) is 12.1. The number of aromatic nitrogens is 16. The first-order valence-corrected chi connectivity index (χ1v) is 39.1. The Hall–Kier alpha value is -16.6. The lowest BCUT2D eigenvalue weighted by Gasteiger charge is -2.15. The van der Waals surface area contributed by atoms with Gasteiger partial charge in [-0.1, -0.05) is 200 Å². The molecule has 1 saturated heterocycles. The number of H-pyrrole nitrogens is 4. The van der Waals surface area contributed by atoms with Crippen LogP contribution >= 0.6 is 0 Å². The molecule has 0 aliphatic carbocycles. The molecule has 1 atom stereocenters. The molecule has 122 heavy (non-hydrogen) atoms. The highest BCUT2D eigenvalue weighted by Crippen LogP contribution is 2.33. The number of rotatable bonds is 20. The molecule has 10 aromatic carbocycles. The van der Waals surface area contributed by atoms with E-state index in [0.717, 1.165) is 101 Å². The zero-order chi connectivity index (χ0) is 83.7. The van der Waals surface area contributed by atoms with Crippen molar-refractivity contribution < 1.29 is 23.9 Å². The number of fused-ring (bicyclic) bond motifs is 4. The van der Waals surface area contributed by atoms with Gasteiger partial charge in [0.25, 0.3) is 23.6 Å². The van der Waals surface area contributed by atoms with E-state index in [1.165, 1.54) is 0 Å². The van der Waals surface area contributed by atoms with Crippen LogP contribution in [0.15, 0.2) is 291 Å². The summed E-state index contributed by atoms with van der Waals surface area (Å²) >= 11 is 0. The van der Waals surface area contributed by atoms with Crippen LogP contribution in [-0.4, -0.2) is 143 Å². The van der Waals surface area contributed by atoms with Gasteiger partial charge >= 0.3 is 0 Å². The molecular weight excluding hydrogens is 1530 g/mol. The van der Waals surface area contributed by atoms with Crippen LogP contribution in [0, 0.1) is 19.8 Å². The number of hydrogen-bond donors (Lipinski definition) is 11. The Morgan fingerprint density at radius 3 is 1.06 bits per heavy atom. The van der Waals surface area contributed by atoms with Crippen LogP contribution in [0.25, 0.3) is 89.2 Å². The topological polar surface area (TPSA) is 383 Å². The van der Waals surface area contributed by atoms with E-state index in [1.807, 2.05) is 286 Å². The van der Waals surface area contributed by atoms with E-state index in [2.05, 4.69) is 88.0 Å². The number of amides is 4. The summed E-state index contributed by atoms with van der Waals surface area (Å²) in [7, 11) is 3.26. The Bertz CT molecular complexity index is 6730. The largest absolute Gasteiger partial charge is 0.384 e. The van der Waals surface area contributed by atoms with Crippen LogP contribution in [0.3, 0.4) is 0 Å². The van der Waals surface area contributed by atoms with E-state index in [0.29, 0.717) is 112 Å². The predicted octanol–water partition coefficient (Wildman–Crippen LogP) is 17.6. The Morgan fingerprint density at radius 1 is 0.361 bits per heavy atom. The molecule has 11 N–H and O–H groups in total. The van der Waals surface area contributed by atoms with Crippen LogP contribution in [0.2, 0.25) is 0 Å². The van der Waals surface area contributed by atoms with Crippen molar-refractivity contribution in [2.24, 2.45) is 5.92 Å². The molecule has 1 fully saturated rings. The summed E-state index contributed by atoms with van der Waals surface area (Å²) in [6, 6.07) is 92.2. The molecule has 9 heterocycles. The van der Waals surface area contributed by atoms with E-state index in [4.69, 9.17) is 34.6 Å². The molecule has 19 rings (SSSR count). The molecule has 8 aromatic heterocycles. The maximum atomic E-state index is 12.9. The third kappa shape index (κ3) is 19.3. The molecule has 18 aromatic rings. The van der Waals surface area contributed by atoms with Crippen molar-refractivity contribution in [2.75, 3.05) is 65.8 Å². The zero-order valence-corrected chi connectivity index (χ0v) is 66.5. The minimum absolute atomic E-state index is 0.0540. The van der Waals surface area contributed by atoms with Crippen LogP contribution in [-0.2, 0) is 4.74 Å². The van der Waals surface area contributed by atoms with Gasteiger partial charge in [0.2, 0.25) is 0 Å². The van der Waals surface area contributed by atoms with Gasteiger partial charge in [0.1, 0.15) is 46.0 Å². The minimum atomic E-state index is -0.271. The summed E-state index contributed by atoms with van der Waals surface area (Å²) in [4.78, 5) is 89.2. The molecule has 29 heteroatoms. The number of aryl methyl sites for hydroxylation is 2. The number of para-hydroxylation sites is 4. The van der Waals surface area contributed by atoms with Crippen molar-refractivity contribution in [1.82, 2.24) is 90.9 Å². The van der Waals surface area contributed by atoms with E-state index < -0.39 is 0 Å². The number of likely N-dealkylation sites (tertiary alicyclic amines) is 1. The molecule has 4 amide bonds. The van der Waals surface area contributed by atoms with Gasteiger partial charge in [0.05, 0.1) is 28.7 Å². The second kappa shape index (κ2) is 37.1. The maximum Gasteiger partial charge on any atom is 0.273 e. The number of benzene rings is 10. The Morgan fingerprint density at radius 2 is 0.697 bits per heavy atom. The number of anilines is 10. The van der Waals surface area contributed by atoms with Crippen LogP contribution in [0.5, 0.6) is 0 Å². The third-order valence-corrected chi connectivity index (χ3v) is 19.6. The van der Waals surface area contributed by atoms with Crippen molar-refractivity contribution in [3.63, 3.8) is 0 Å². The lowest BCUT2D eigenvalue weighted by molar-refractivity contribution is 0.0769. The number of methoxy groups -OCH3 is 1. The van der Waals surface area contributed by atoms with Crippen LogP contribution < -0.4 is 37.2 Å². The zero-order valence-electron chi connectivity index (χ0n) is 66.5. The van der Waals surface area contributed by atoms with E-state index >= 15 is 0 Å². The van der Waals surface area contributed by atoms with E-state index in [-0.39, 0.29) is 23.6 Å². The summed E-state index contributed by atoms with van der Waals surface area (Å²) in [6.45, 7) is 6.07. The van der Waals surface area contributed by atoms with Crippen molar-refractivity contribution >= 4 is 125 Å². The monoisotopic (exact) mass is 1610 g/mol. The van der Waals surface area contributed by atoms with Crippen LogP contribution in [0.4, 0.5) is 57.9 Å². The number of ether oxygens (including phenoxy) is 1. The molecule has 0 radical (unpaired) electrons. The molecule has 1 aliphatic heterocycles. The summed E-state index contributed by atoms with van der Waals surface area (Å²) in [6.07, 6.45) is 0.952. The van der Waals surface area contributed by atoms with Crippen molar-refractivity contribution in [2.45, 2.75) is 20.3 Å². The smallest absolute Gasteiger partial charge is 0.273 e. The number of aromatic amines is 4. The van der Waals surface area contributed by atoms with Crippen molar-refractivity contribution in [3.05, 3.63) is 325 Å². The quantitative estimate of drug-likeness (QED) is 0.0338. The SMILES string of the molecule is CNC(=O)c1cc(Nc2nc(-c3ccccc3)nc3ccccc23)n[nH]1.COC[C@H]1CCN(C(=O)c2cc(Nc3nc(-c4ccccc4)nc4ccccc34)n[nH]2)C1.Cc1ccc(NC(=O)c2cc(Nc3nc(-c4ccccc4)nc4ccccc34)n[nH]2)cc1.Cc1cccc(NC(=O)c2cc(Nc3nc(-c4ccccc4)nc4ccccc34)n[nH]2)c1. The number of hydrogen-bond acceptors (Lipinski definition) is 21. The third-order valence-electron chi connectivity index (χ3n) is 19.6. The molecule has 0 saturated carbocycles. The van der Waals surface area contributed by atoms with Crippen molar-refractivity contribution in [1.29, 1.82) is 0 Å². The fourth-order valence-corrected chi connectivity index (χ4v) is 13.5. The lowest BCUT2D eigenvalue weighted by atomic mass is 10.1. The van der Waals surface area contributed by atoms with E-state index in [9.17, 15) is 19.2 Å². The summed E-state index contributed by atoms with van der Waals surface area (Å²) in [5.41, 5.74) is 12.1. The summed E-state index contributed by atoms with van der Waals surface area (Å²) in [5, 5.41) is 52.7. The Kier molecular flexibility index (Phi) is 24.1. The maximum absolute atomic E-state index is 12.9. The Balaban J connectivity index is 0.000000121. The molecule has 602 valence electrons. The average Bonchev–Trinajstić information content (AvgIpc) is 0.925. The van der Waals surface area contributed by atoms with Gasteiger partial charge < -0.3 is 46.9 Å². The number of nitrogens with one attached hydrogen (secondary N) is 11. The predicted molar refractivity (Wildman–Crippen MR) is 475 cm³/mol. The van der Waals surface area contributed by atoms with Gasteiger partial charge in [-0.25, -0.2) is 39.9 Å². The molecule has 0 bridgehead atoms.